The zero-order valence-electron chi connectivity index (χ0n) is 15.7. The molecule has 0 aliphatic heterocycles. The Morgan fingerprint density at radius 2 is 1.93 bits per heavy atom. The molecule has 0 spiro atoms. The highest BCUT2D eigenvalue weighted by Gasteiger charge is 2.28. The summed E-state index contributed by atoms with van der Waals surface area (Å²) in [5.41, 5.74) is 2.29. The van der Waals surface area contributed by atoms with E-state index < -0.39 is 11.9 Å². The van der Waals surface area contributed by atoms with Crippen LogP contribution in [0.25, 0.3) is 11.0 Å². The quantitative estimate of drug-likeness (QED) is 0.504. The second-order valence-corrected chi connectivity index (χ2v) is 7.42. The molecule has 3 rings (SSSR count). The molecule has 0 fully saturated rings. The number of methoxy groups -OCH3 is 1. The first-order chi connectivity index (χ1) is 13.1. The highest BCUT2D eigenvalue weighted by Crippen LogP contribution is 2.35. The van der Waals surface area contributed by atoms with Crippen molar-refractivity contribution in [2.24, 2.45) is 7.05 Å². The number of ether oxygens (including phenoxy) is 1. The number of benzene rings is 2. The fraction of sp³-hybridized carbons (Fsp3) is 0.300. The number of hydrogen-bond acceptors (Lipinski definition) is 3. The van der Waals surface area contributed by atoms with E-state index in [1.807, 2.05) is 0 Å². The van der Waals surface area contributed by atoms with Crippen molar-refractivity contribution < 1.29 is 18.3 Å². The van der Waals surface area contributed by atoms with Gasteiger partial charge in [-0.2, -0.15) is 0 Å². The number of esters is 1. The normalized spacial score (nSPS) is 11.9. The minimum atomic E-state index is -2.96. The van der Waals surface area contributed by atoms with Gasteiger partial charge in [0.05, 0.1) is 28.7 Å². The number of aryl methyl sites for hydroxylation is 2. The first kappa shape index (κ1) is 20.6. The van der Waals surface area contributed by atoms with Crippen molar-refractivity contribution in [3.8, 4) is 0 Å². The molecule has 0 saturated heterocycles. The summed E-state index contributed by atoms with van der Waals surface area (Å²) in [5, 5.41) is 0.561. The zero-order valence-corrected chi connectivity index (χ0v) is 17.3. The molecule has 2 aromatic carbocycles. The molecule has 0 aliphatic carbocycles. The van der Waals surface area contributed by atoms with E-state index in [2.05, 4.69) is 4.98 Å². The molecule has 1 aromatic heterocycles. The summed E-state index contributed by atoms with van der Waals surface area (Å²) >= 11 is 12.7. The van der Waals surface area contributed by atoms with Gasteiger partial charge in [0.25, 0.3) is 5.92 Å². The van der Waals surface area contributed by atoms with Crippen molar-refractivity contribution in [2.75, 3.05) is 7.11 Å². The molecule has 0 unspecified atom stereocenters. The van der Waals surface area contributed by atoms with Gasteiger partial charge in [-0.3, -0.25) is 0 Å². The van der Waals surface area contributed by atoms with E-state index in [9.17, 15) is 13.6 Å². The van der Waals surface area contributed by atoms with Gasteiger partial charge < -0.3 is 9.30 Å². The molecule has 8 heteroatoms. The maximum absolute atomic E-state index is 13.8. The van der Waals surface area contributed by atoms with Gasteiger partial charge in [-0.1, -0.05) is 29.3 Å². The van der Waals surface area contributed by atoms with Crippen molar-refractivity contribution in [2.45, 2.75) is 26.2 Å². The minimum Gasteiger partial charge on any atom is -0.465 e. The highest BCUT2D eigenvalue weighted by atomic mass is 35.5. The van der Waals surface area contributed by atoms with Crippen molar-refractivity contribution in [3.05, 3.63) is 62.4 Å². The van der Waals surface area contributed by atoms with Crippen molar-refractivity contribution in [1.29, 1.82) is 0 Å². The van der Waals surface area contributed by atoms with E-state index in [0.717, 1.165) is 12.4 Å². The van der Waals surface area contributed by atoms with Crippen molar-refractivity contribution >= 4 is 40.2 Å². The van der Waals surface area contributed by atoms with E-state index in [1.165, 1.54) is 19.2 Å². The van der Waals surface area contributed by atoms with Crippen LogP contribution >= 0.6 is 23.2 Å². The first-order valence-electron chi connectivity index (χ1n) is 8.44. The van der Waals surface area contributed by atoms with E-state index in [4.69, 9.17) is 27.9 Å². The fourth-order valence-electron chi connectivity index (χ4n) is 3.26. The van der Waals surface area contributed by atoms with Crippen LogP contribution in [0.4, 0.5) is 8.78 Å². The molecule has 0 amide bonds. The number of fused-ring (bicyclic) bond motifs is 1. The summed E-state index contributed by atoms with van der Waals surface area (Å²) in [6, 6.07) is 6.11. The molecule has 148 valence electrons. The third-order valence-electron chi connectivity index (χ3n) is 4.80. The van der Waals surface area contributed by atoms with Crippen LogP contribution in [0, 0.1) is 6.92 Å². The number of imidazole rings is 1. The average molecular weight is 427 g/mol. The maximum atomic E-state index is 13.8. The van der Waals surface area contributed by atoms with E-state index >= 15 is 0 Å². The van der Waals surface area contributed by atoms with Gasteiger partial charge in [0.1, 0.15) is 5.82 Å². The molecule has 0 saturated carbocycles. The van der Waals surface area contributed by atoms with Crippen LogP contribution in [-0.4, -0.2) is 22.6 Å². The maximum Gasteiger partial charge on any atom is 0.339 e. The second kappa shape index (κ2) is 7.33. The Labute approximate surface area is 171 Å². The summed E-state index contributed by atoms with van der Waals surface area (Å²) in [4.78, 5) is 16.4. The lowest BCUT2D eigenvalue weighted by Gasteiger charge is -2.13. The monoisotopic (exact) mass is 426 g/mol. The van der Waals surface area contributed by atoms with Crippen LogP contribution in [0.3, 0.4) is 0 Å². The summed E-state index contributed by atoms with van der Waals surface area (Å²) in [6.07, 6.45) is 0.227. The van der Waals surface area contributed by atoms with Gasteiger partial charge in [0, 0.05) is 31.0 Å². The molecule has 3 aromatic rings. The lowest BCUT2D eigenvalue weighted by Crippen LogP contribution is -2.09. The molecular weight excluding hydrogens is 409 g/mol. The minimum absolute atomic E-state index is 0.0617. The third kappa shape index (κ3) is 3.47. The van der Waals surface area contributed by atoms with Gasteiger partial charge in [0.15, 0.2) is 0 Å². The fourth-order valence-corrected chi connectivity index (χ4v) is 3.84. The average Bonchev–Trinajstić information content (AvgIpc) is 2.94. The Balaban J connectivity index is 2.13. The lowest BCUT2D eigenvalue weighted by molar-refractivity contribution is 0.0169. The van der Waals surface area contributed by atoms with Crippen molar-refractivity contribution in [1.82, 2.24) is 9.55 Å². The molecule has 0 aliphatic rings. The topological polar surface area (TPSA) is 44.1 Å². The van der Waals surface area contributed by atoms with Crippen LogP contribution in [0.15, 0.2) is 24.3 Å². The zero-order chi connectivity index (χ0) is 20.8. The Morgan fingerprint density at radius 1 is 1.25 bits per heavy atom. The van der Waals surface area contributed by atoms with Gasteiger partial charge in [-0.25, -0.2) is 18.6 Å². The molecule has 28 heavy (non-hydrogen) atoms. The van der Waals surface area contributed by atoms with Crippen molar-refractivity contribution in [3.63, 3.8) is 0 Å². The predicted octanol–water partition coefficient (Wildman–Crippen LogP) is 5.68. The smallest absolute Gasteiger partial charge is 0.339 e. The number of alkyl halides is 2. The largest absolute Gasteiger partial charge is 0.465 e. The Hall–Kier alpha value is -2.18. The molecular formula is C20H18Cl2F2N2O2. The SMILES string of the molecule is COC(=O)c1ccc(Cl)c(Cc2nc3c(C)c(C(C)(F)F)ccc3n2C)c1Cl. The number of hydrogen-bond donors (Lipinski definition) is 0. The lowest BCUT2D eigenvalue weighted by atomic mass is 10.0. The van der Waals surface area contributed by atoms with Gasteiger partial charge in [-0.15, -0.1) is 0 Å². The molecule has 0 radical (unpaired) electrons. The highest BCUT2D eigenvalue weighted by molar-refractivity contribution is 6.38. The van der Waals surface area contributed by atoms with E-state index in [-0.39, 0.29) is 22.6 Å². The van der Waals surface area contributed by atoms with E-state index in [1.54, 1.807) is 30.7 Å². The summed E-state index contributed by atoms with van der Waals surface area (Å²) in [7, 11) is 3.06. The summed E-state index contributed by atoms with van der Waals surface area (Å²) in [5.74, 6) is -2.95. The Morgan fingerprint density at radius 3 is 2.54 bits per heavy atom. The molecule has 0 atom stereocenters. The standard InChI is InChI=1S/C20H18Cl2F2N2O2/c1-10-13(20(2,23)24)6-8-15-18(10)25-16(26(15)3)9-12-14(21)7-5-11(17(12)22)19(27)28-4/h5-8H,9H2,1-4H3. The van der Waals surface area contributed by atoms with Gasteiger partial charge in [-0.05, 0) is 36.2 Å². The summed E-state index contributed by atoms with van der Waals surface area (Å²) in [6.45, 7) is 2.49. The second-order valence-electron chi connectivity index (χ2n) is 6.64. The number of carbonyl (C=O) groups is 1. The van der Waals surface area contributed by atoms with Crippen LogP contribution in [0.1, 0.15) is 39.8 Å². The number of aromatic nitrogens is 2. The summed E-state index contributed by atoms with van der Waals surface area (Å²) < 4.78 is 34.2. The Kier molecular flexibility index (Phi) is 5.38. The third-order valence-corrected chi connectivity index (χ3v) is 5.58. The molecule has 4 nitrogen and oxygen atoms in total. The number of carbonyl (C=O) groups excluding carboxylic acids is 1. The van der Waals surface area contributed by atoms with Gasteiger partial charge >= 0.3 is 5.97 Å². The molecule has 0 N–H and O–H groups in total. The molecule has 0 bridgehead atoms. The number of halogens is 4. The first-order valence-corrected chi connectivity index (χ1v) is 9.20. The number of rotatable bonds is 4. The van der Waals surface area contributed by atoms with E-state index in [0.29, 0.717) is 27.5 Å². The Bertz CT molecular complexity index is 1090. The predicted molar refractivity (Wildman–Crippen MR) is 106 cm³/mol. The van der Waals surface area contributed by atoms with Crippen LogP contribution < -0.4 is 0 Å². The van der Waals surface area contributed by atoms with Crippen LogP contribution in [-0.2, 0) is 24.1 Å². The van der Waals surface area contributed by atoms with Crippen LogP contribution in [0.2, 0.25) is 10.0 Å². The number of nitrogens with zero attached hydrogens (tertiary/aromatic N) is 2. The van der Waals surface area contributed by atoms with Crippen LogP contribution in [0.5, 0.6) is 0 Å². The van der Waals surface area contributed by atoms with Gasteiger partial charge in [0.2, 0.25) is 0 Å². The molecule has 1 heterocycles.